The second-order valence-corrected chi connectivity index (χ2v) is 5.59. The molecule has 2 N–H and O–H groups in total. The van der Waals surface area contributed by atoms with Crippen LogP contribution in [0.5, 0.6) is 0 Å². The van der Waals surface area contributed by atoms with Crippen LogP contribution >= 0.6 is 22.9 Å². The van der Waals surface area contributed by atoms with Crippen LogP contribution in [0.25, 0.3) is 0 Å². The van der Waals surface area contributed by atoms with Crippen LogP contribution in [-0.4, -0.2) is 16.0 Å². The smallest absolute Gasteiger partial charge is 0.224 e. The van der Waals surface area contributed by atoms with E-state index in [0.717, 1.165) is 6.54 Å². The number of nitrogens with two attached hydrogens (primary N) is 1. The number of hydrogen-bond acceptors (Lipinski definition) is 5. The minimum Gasteiger partial charge on any atom is -0.394 e. The molecule has 2 aromatic rings. The summed E-state index contributed by atoms with van der Waals surface area (Å²) in [5, 5.41) is 2.28. The normalized spacial score (nSPS) is 10.9. The Kier molecular flexibility index (Phi) is 4.04. The molecule has 4 nitrogen and oxygen atoms in total. The van der Waals surface area contributed by atoms with Crippen molar-refractivity contribution in [2.24, 2.45) is 0 Å². The van der Waals surface area contributed by atoms with Crippen LogP contribution in [0.1, 0.15) is 18.7 Å². The molecule has 96 valence electrons. The topological polar surface area (TPSA) is 55.0 Å². The number of thiophene rings is 1. The highest BCUT2D eigenvalue weighted by Crippen LogP contribution is 2.26. The van der Waals surface area contributed by atoms with Gasteiger partial charge in [-0.3, -0.25) is 0 Å². The first kappa shape index (κ1) is 13.1. The lowest BCUT2D eigenvalue weighted by Crippen LogP contribution is -2.31. The Balaban J connectivity index is 2.32. The molecule has 0 spiro atoms. The lowest BCUT2D eigenvalue weighted by Gasteiger charge is -2.28. The van der Waals surface area contributed by atoms with Gasteiger partial charge < -0.3 is 10.6 Å². The summed E-state index contributed by atoms with van der Waals surface area (Å²) in [6.45, 7) is 4.97. The van der Waals surface area contributed by atoms with Crippen molar-refractivity contribution < 1.29 is 0 Å². The summed E-state index contributed by atoms with van der Waals surface area (Å²) >= 11 is 7.56. The average Bonchev–Trinajstić information content (AvgIpc) is 2.82. The molecule has 2 heterocycles. The third kappa shape index (κ3) is 2.91. The van der Waals surface area contributed by atoms with Crippen molar-refractivity contribution in [3.8, 4) is 0 Å². The Bertz CT molecular complexity index is 513. The molecule has 0 amide bonds. The second-order valence-electron chi connectivity index (χ2n) is 4.22. The first-order valence-corrected chi connectivity index (χ1v) is 6.90. The van der Waals surface area contributed by atoms with Crippen LogP contribution in [0.2, 0.25) is 5.28 Å². The molecule has 0 atom stereocenters. The van der Waals surface area contributed by atoms with E-state index >= 15 is 0 Å². The largest absolute Gasteiger partial charge is 0.394 e. The van der Waals surface area contributed by atoms with E-state index in [1.807, 2.05) is 6.07 Å². The first-order chi connectivity index (χ1) is 8.58. The highest BCUT2D eigenvalue weighted by atomic mass is 35.5. The number of aromatic nitrogens is 2. The van der Waals surface area contributed by atoms with Crippen molar-refractivity contribution in [3.05, 3.63) is 33.9 Å². The minimum absolute atomic E-state index is 0.219. The van der Waals surface area contributed by atoms with Gasteiger partial charge in [-0.2, -0.15) is 4.98 Å². The van der Waals surface area contributed by atoms with Gasteiger partial charge in [0, 0.05) is 10.9 Å². The molecule has 0 aliphatic carbocycles. The van der Waals surface area contributed by atoms with Gasteiger partial charge in [0.2, 0.25) is 5.28 Å². The third-order valence-electron chi connectivity index (χ3n) is 2.57. The molecule has 0 unspecified atom stereocenters. The maximum Gasteiger partial charge on any atom is 0.224 e. The zero-order valence-corrected chi connectivity index (χ0v) is 11.9. The summed E-state index contributed by atoms with van der Waals surface area (Å²) in [5.74, 6) is 0.693. The molecular formula is C12H15ClN4S. The summed E-state index contributed by atoms with van der Waals surface area (Å²) in [4.78, 5) is 11.5. The second kappa shape index (κ2) is 5.54. The van der Waals surface area contributed by atoms with Crippen LogP contribution in [-0.2, 0) is 6.54 Å². The Morgan fingerprint density at radius 3 is 2.89 bits per heavy atom. The molecule has 0 aliphatic heterocycles. The SMILES string of the molecule is CC(C)N(Cc1cccs1)c1nc(Cl)ncc1N. The summed E-state index contributed by atoms with van der Waals surface area (Å²) in [7, 11) is 0. The lowest BCUT2D eigenvalue weighted by molar-refractivity contribution is 0.677. The van der Waals surface area contributed by atoms with Gasteiger partial charge in [-0.1, -0.05) is 6.07 Å². The predicted octanol–water partition coefficient (Wildman–Crippen LogP) is 3.19. The minimum atomic E-state index is 0.219. The van der Waals surface area contributed by atoms with Gasteiger partial charge in [-0.15, -0.1) is 11.3 Å². The summed E-state index contributed by atoms with van der Waals surface area (Å²) in [6.07, 6.45) is 1.55. The number of rotatable bonds is 4. The molecule has 0 aliphatic rings. The van der Waals surface area contributed by atoms with E-state index < -0.39 is 0 Å². The van der Waals surface area contributed by atoms with Crippen LogP contribution in [0.3, 0.4) is 0 Å². The average molecular weight is 283 g/mol. The zero-order chi connectivity index (χ0) is 13.1. The summed E-state index contributed by atoms with van der Waals surface area (Å²) in [5.41, 5.74) is 6.48. The maximum atomic E-state index is 5.94. The van der Waals surface area contributed by atoms with Crippen molar-refractivity contribution in [1.29, 1.82) is 0 Å². The Morgan fingerprint density at radius 1 is 1.50 bits per heavy atom. The molecule has 0 fully saturated rings. The predicted molar refractivity (Wildman–Crippen MR) is 77.1 cm³/mol. The molecule has 2 aromatic heterocycles. The van der Waals surface area contributed by atoms with E-state index in [-0.39, 0.29) is 11.3 Å². The fraction of sp³-hybridized carbons (Fsp3) is 0.333. The van der Waals surface area contributed by atoms with Crippen molar-refractivity contribution >= 4 is 34.4 Å². The lowest BCUT2D eigenvalue weighted by atomic mass is 10.3. The standard InChI is InChI=1S/C12H15ClN4S/c1-8(2)17(7-9-4-3-5-18-9)11-10(14)6-15-12(13)16-11/h3-6,8H,7,14H2,1-2H3. The van der Waals surface area contributed by atoms with Gasteiger partial charge in [0.05, 0.1) is 18.4 Å². The molecule has 0 radical (unpaired) electrons. The van der Waals surface area contributed by atoms with Gasteiger partial charge in [0.1, 0.15) is 0 Å². The molecule has 0 saturated carbocycles. The van der Waals surface area contributed by atoms with E-state index in [9.17, 15) is 0 Å². The number of anilines is 2. The zero-order valence-electron chi connectivity index (χ0n) is 10.3. The molecule has 6 heteroatoms. The molecular weight excluding hydrogens is 268 g/mol. The van der Waals surface area contributed by atoms with Gasteiger partial charge in [-0.25, -0.2) is 4.98 Å². The third-order valence-corrected chi connectivity index (χ3v) is 3.61. The fourth-order valence-electron chi connectivity index (χ4n) is 1.66. The van der Waals surface area contributed by atoms with Crippen molar-refractivity contribution in [2.75, 3.05) is 10.6 Å². The van der Waals surface area contributed by atoms with Gasteiger partial charge in [0.25, 0.3) is 0 Å². The summed E-state index contributed by atoms with van der Waals surface area (Å²) in [6, 6.07) is 4.41. The number of halogens is 1. The van der Waals surface area contributed by atoms with Gasteiger partial charge in [-0.05, 0) is 36.9 Å². The van der Waals surface area contributed by atoms with Crippen LogP contribution in [0.15, 0.2) is 23.7 Å². The van der Waals surface area contributed by atoms with Crippen LogP contribution in [0.4, 0.5) is 11.5 Å². The molecule has 0 bridgehead atoms. The van der Waals surface area contributed by atoms with Gasteiger partial charge in [0.15, 0.2) is 5.82 Å². The molecule has 18 heavy (non-hydrogen) atoms. The molecule has 2 rings (SSSR count). The van der Waals surface area contributed by atoms with Crippen molar-refractivity contribution in [2.45, 2.75) is 26.4 Å². The Morgan fingerprint density at radius 2 is 2.28 bits per heavy atom. The number of hydrogen-bond donors (Lipinski definition) is 1. The monoisotopic (exact) mass is 282 g/mol. The van der Waals surface area contributed by atoms with Crippen molar-refractivity contribution in [3.63, 3.8) is 0 Å². The number of nitrogen functional groups attached to an aromatic ring is 1. The van der Waals surface area contributed by atoms with E-state index in [1.54, 1.807) is 17.5 Å². The molecule has 0 saturated heterocycles. The van der Waals surface area contributed by atoms with Crippen LogP contribution in [0, 0.1) is 0 Å². The highest BCUT2D eigenvalue weighted by Gasteiger charge is 2.16. The van der Waals surface area contributed by atoms with Crippen LogP contribution < -0.4 is 10.6 Å². The Labute approximate surface area is 115 Å². The Hall–Kier alpha value is -1.33. The van der Waals surface area contributed by atoms with Crippen molar-refractivity contribution in [1.82, 2.24) is 9.97 Å². The number of nitrogens with zero attached hydrogens (tertiary/aromatic N) is 3. The first-order valence-electron chi connectivity index (χ1n) is 5.65. The van der Waals surface area contributed by atoms with E-state index in [2.05, 4.69) is 40.2 Å². The molecule has 0 aromatic carbocycles. The maximum absolute atomic E-state index is 5.94. The quantitative estimate of drug-likeness (QED) is 0.875. The summed E-state index contributed by atoms with van der Waals surface area (Å²) < 4.78 is 0. The van der Waals surface area contributed by atoms with E-state index in [1.165, 1.54) is 4.88 Å². The van der Waals surface area contributed by atoms with E-state index in [0.29, 0.717) is 11.5 Å². The fourth-order valence-corrected chi connectivity index (χ4v) is 2.50. The van der Waals surface area contributed by atoms with E-state index in [4.69, 9.17) is 17.3 Å². The highest BCUT2D eigenvalue weighted by molar-refractivity contribution is 7.09. The van der Waals surface area contributed by atoms with Gasteiger partial charge >= 0.3 is 0 Å².